The number of ether oxygens (including phenoxy) is 1. The Morgan fingerprint density at radius 3 is 2.36 bits per heavy atom. The van der Waals surface area contributed by atoms with Crippen molar-refractivity contribution in [2.75, 3.05) is 0 Å². The lowest BCUT2D eigenvalue weighted by Gasteiger charge is -2.18. The number of fused-ring (bicyclic) bond motifs is 1. The maximum Gasteiger partial charge on any atom is 0.347 e. The Morgan fingerprint density at radius 1 is 1.08 bits per heavy atom. The molecule has 0 spiro atoms. The van der Waals surface area contributed by atoms with Crippen LogP contribution in [-0.2, 0) is 10.2 Å². The van der Waals surface area contributed by atoms with Crippen LogP contribution in [0.4, 0.5) is 0 Å². The van der Waals surface area contributed by atoms with Gasteiger partial charge < -0.3 is 9.15 Å². The minimum Gasteiger partial charge on any atom is -0.427 e. The molecule has 0 atom stereocenters. The number of carbonyl (C=O) groups is 1. The topological polar surface area (TPSA) is 69.4 Å². The quantitative estimate of drug-likeness (QED) is 0.520. The maximum atomic E-state index is 12.3. The molecule has 0 aliphatic heterocycles. The molecule has 0 radical (unpaired) electrons. The predicted octanol–water partition coefficient (Wildman–Crippen LogP) is 4.08. The van der Waals surface area contributed by atoms with Gasteiger partial charge in [0, 0.05) is 12.5 Å². The second-order valence-corrected chi connectivity index (χ2v) is 6.91. The first-order valence-electron chi connectivity index (χ1n) is 7.98. The fourth-order valence-electron chi connectivity index (χ4n) is 2.52. The van der Waals surface area contributed by atoms with E-state index >= 15 is 0 Å². The molecule has 1 heterocycles. The van der Waals surface area contributed by atoms with Crippen molar-refractivity contribution in [2.24, 2.45) is 0 Å². The van der Waals surface area contributed by atoms with Gasteiger partial charge in [-0.3, -0.25) is 4.79 Å². The Morgan fingerprint density at radius 2 is 1.76 bits per heavy atom. The van der Waals surface area contributed by atoms with Crippen molar-refractivity contribution in [2.45, 2.75) is 33.1 Å². The second-order valence-electron chi connectivity index (χ2n) is 6.91. The molecular weight excluding hydrogens is 318 g/mol. The molecule has 0 fully saturated rings. The van der Waals surface area contributed by atoms with E-state index in [0.717, 1.165) is 5.56 Å². The molecule has 0 saturated carbocycles. The van der Waals surface area contributed by atoms with Crippen LogP contribution in [0.5, 0.6) is 5.75 Å². The highest BCUT2D eigenvalue weighted by molar-refractivity contribution is 5.81. The van der Waals surface area contributed by atoms with Crippen LogP contribution in [0.1, 0.15) is 33.3 Å². The van der Waals surface area contributed by atoms with Gasteiger partial charge in [-0.2, -0.15) is 0 Å². The summed E-state index contributed by atoms with van der Waals surface area (Å²) in [6, 6.07) is 12.5. The molecule has 0 bridgehead atoms. The summed E-state index contributed by atoms with van der Waals surface area (Å²) in [5.41, 5.74) is 1.93. The van der Waals surface area contributed by atoms with Crippen LogP contribution < -0.4 is 10.4 Å². The molecule has 3 rings (SSSR count). The third-order valence-electron chi connectivity index (χ3n) is 3.86. The number of nitrogens with zero attached hydrogens (tertiary/aromatic N) is 1. The lowest BCUT2D eigenvalue weighted by atomic mass is 9.87. The summed E-state index contributed by atoms with van der Waals surface area (Å²) >= 11 is 0. The molecule has 1 aromatic heterocycles. The average molecular weight is 337 g/mol. The molecule has 0 aliphatic rings. The summed E-state index contributed by atoms with van der Waals surface area (Å²) in [6.45, 7) is 7.71. The molecule has 5 nitrogen and oxygen atoms in total. The highest BCUT2D eigenvalue weighted by atomic mass is 16.5. The molecule has 128 valence electrons. The summed E-state index contributed by atoms with van der Waals surface area (Å²) in [4.78, 5) is 27.7. The van der Waals surface area contributed by atoms with E-state index in [1.54, 1.807) is 12.1 Å². The number of aromatic nitrogens is 1. The van der Waals surface area contributed by atoms with Crippen LogP contribution in [0.25, 0.3) is 22.4 Å². The van der Waals surface area contributed by atoms with Gasteiger partial charge in [0.15, 0.2) is 0 Å². The Kier molecular flexibility index (Phi) is 4.17. The Balaban J connectivity index is 2.03. The van der Waals surface area contributed by atoms with Crippen molar-refractivity contribution in [3.8, 4) is 17.2 Å². The van der Waals surface area contributed by atoms with E-state index in [1.165, 1.54) is 18.6 Å². The van der Waals surface area contributed by atoms with Gasteiger partial charge in [0.2, 0.25) is 5.89 Å². The zero-order chi connectivity index (χ0) is 18.2. The molecular formula is C20H19NO4. The van der Waals surface area contributed by atoms with Crippen LogP contribution in [0.2, 0.25) is 0 Å². The van der Waals surface area contributed by atoms with E-state index in [4.69, 9.17) is 9.15 Å². The third-order valence-corrected chi connectivity index (χ3v) is 3.86. The Hall–Kier alpha value is -2.95. The van der Waals surface area contributed by atoms with Crippen LogP contribution in [-0.4, -0.2) is 11.0 Å². The first-order chi connectivity index (χ1) is 11.7. The lowest BCUT2D eigenvalue weighted by molar-refractivity contribution is -0.131. The van der Waals surface area contributed by atoms with E-state index in [2.05, 4.69) is 25.8 Å². The molecule has 3 aromatic rings. The summed E-state index contributed by atoms with van der Waals surface area (Å²) in [5, 5.41) is 0.272. The summed E-state index contributed by atoms with van der Waals surface area (Å²) in [5.74, 6) is 0.0989. The minimum atomic E-state index is -0.520. The molecule has 0 amide bonds. The third kappa shape index (κ3) is 3.60. The molecule has 0 saturated heterocycles. The van der Waals surface area contributed by atoms with Gasteiger partial charge in [-0.15, -0.1) is 0 Å². The molecule has 5 heteroatoms. The normalized spacial score (nSPS) is 11.5. The van der Waals surface area contributed by atoms with Crippen LogP contribution in [0.3, 0.4) is 0 Å². The zero-order valence-electron chi connectivity index (χ0n) is 14.6. The highest BCUT2D eigenvalue weighted by Gasteiger charge is 2.15. The molecule has 0 aliphatic carbocycles. The Bertz CT molecular complexity index is 995. The summed E-state index contributed by atoms with van der Waals surface area (Å²) < 4.78 is 10.3. The second kappa shape index (κ2) is 6.16. The van der Waals surface area contributed by atoms with E-state index < -0.39 is 11.6 Å². The van der Waals surface area contributed by atoms with Crippen LogP contribution in [0.15, 0.2) is 51.7 Å². The van der Waals surface area contributed by atoms with Gasteiger partial charge in [0.25, 0.3) is 0 Å². The van der Waals surface area contributed by atoms with Gasteiger partial charge in [0.05, 0.1) is 10.9 Å². The lowest BCUT2D eigenvalue weighted by Crippen LogP contribution is -2.10. The SMILES string of the molecule is CC(=O)Oc1ccc2nc(-c3ccc(C(C)(C)C)cc3)oc(=O)c2c1. The monoisotopic (exact) mass is 337 g/mol. The zero-order valence-corrected chi connectivity index (χ0v) is 14.6. The minimum absolute atomic E-state index is 0.0449. The Labute approximate surface area is 145 Å². The smallest absolute Gasteiger partial charge is 0.347 e. The van der Waals surface area contributed by atoms with E-state index in [1.807, 2.05) is 24.3 Å². The van der Waals surface area contributed by atoms with Gasteiger partial charge in [-0.05, 0) is 41.3 Å². The molecule has 25 heavy (non-hydrogen) atoms. The highest BCUT2D eigenvalue weighted by Crippen LogP contribution is 2.26. The number of esters is 1. The van der Waals surface area contributed by atoms with Crippen molar-refractivity contribution in [3.05, 3.63) is 58.4 Å². The van der Waals surface area contributed by atoms with E-state index in [-0.39, 0.29) is 22.4 Å². The van der Waals surface area contributed by atoms with Crippen molar-refractivity contribution in [1.29, 1.82) is 0 Å². The number of rotatable bonds is 2. The van der Waals surface area contributed by atoms with Crippen molar-refractivity contribution < 1.29 is 13.9 Å². The average Bonchev–Trinajstić information content (AvgIpc) is 2.54. The standard InChI is InChI=1S/C20H19NO4/c1-12(22)24-15-9-10-17-16(11-15)19(23)25-18(21-17)13-5-7-14(8-6-13)20(2,3)4/h5-11H,1-4H3. The first-order valence-corrected chi connectivity index (χ1v) is 7.98. The molecule has 0 unspecified atom stereocenters. The van der Waals surface area contributed by atoms with Crippen LogP contribution in [0, 0.1) is 0 Å². The molecule has 2 aromatic carbocycles. The largest absolute Gasteiger partial charge is 0.427 e. The number of hydrogen-bond acceptors (Lipinski definition) is 5. The van der Waals surface area contributed by atoms with Crippen molar-refractivity contribution in [1.82, 2.24) is 4.98 Å². The van der Waals surface area contributed by atoms with E-state index in [0.29, 0.717) is 5.52 Å². The predicted molar refractivity (Wildman–Crippen MR) is 95.7 cm³/mol. The van der Waals surface area contributed by atoms with Crippen LogP contribution >= 0.6 is 0 Å². The number of carbonyl (C=O) groups excluding carboxylic acids is 1. The van der Waals surface area contributed by atoms with E-state index in [9.17, 15) is 9.59 Å². The van der Waals surface area contributed by atoms with Crippen molar-refractivity contribution in [3.63, 3.8) is 0 Å². The first kappa shape index (κ1) is 16.9. The van der Waals surface area contributed by atoms with Crippen molar-refractivity contribution >= 4 is 16.9 Å². The summed E-state index contributed by atoms with van der Waals surface area (Å²) in [7, 11) is 0. The fourth-order valence-corrected chi connectivity index (χ4v) is 2.52. The number of benzene rings is 2. The molecule has 0 N–H and O–H groups in total. The number of hydrogen-bond donors (Lipinski definition) is 0. The van der Waals surface area contributed by atoms with Gasteiger partial charge in [-0.25, -0.2) is 9.78 Å². The fraction of sp³-hybridized carbons (Fsp3) is 0.250. The summed E-state index contributed by atoms with van der Waals surface area (Å²) in [6.07, 6.45) is 0. The van der Waals surface area contributed by atoms with Gasteiger partial charge in [-0.1, -0.05) is 32.9 Å². The van der Waals surface area contributed by atoms with Gasteiger partial charge >= 0.3 is 11.6 Å². The van der Waals surface area contributed by atoms with Gasteiger partial charge in [0.1, 0.15) is 5.75 Å². The maximum absolute atomic E-state index is 12.3.